The number of benzene rings is 2. The highest BCUT2D eigenvalue weighted by atomic mass is 28.3. The molecule has 0 aromatic heterocycles. The summed E-state index contributed by atoms with van der Waals surface area (Å²) in [7, 11) is -2.73. The molecule has 0 fully saturated rings. The Labute approximate surface area is 181 Å². The lowest BCUT2D eigenvalue weighted by molar-refractivity contribution is 1.10. The quantitative estimate of drug-likeness (QED) is 0.366. The lowest BCUT2D eigenvalue weighted by Crippen LogP contribution is -2.16. The van der Waals surface area contributed by atoms with E-state index in [4.69, 9.17) is 0 Å². The third-order valence-electron chi connectivity index (χ3n) is 5.32. The molecule has 0 nitrogen and oxygen atoms in total. The molecule has 0 aliphatic heterocycles. The van der Waals surface area contributed by atoms with Gasteiger partial charge in [-0.05, 0) is 79.6 Å². The van der Waals surface area contributed by atoms with Crippen molar-refractivity contribution in [3.8, 4) is 22.9 Å². The summed E-state index contributed by atoms with van der Waals surface area (Å²) in [5, 5.41) is 0. The first-order valence-corrected chi connectivity index (χ1v) is 17.5. The molecule has 0 spiro atoms. The topological polar surface area (TPSA) is 0 Å². The Morgan fingerprint density at radius 3 is 1.21 bits per heavy atom. The molecule has 2 aromatic carbocycles. The van der Waals surface area contributed by atoms with Crippen LogP contribution in [0.15, 0.2) is 24.3 Å². The second kappa shape index (κ2) is 8.78. The molecular weight excluding hydrogens is 380 g/mol. The third kappa shape index (κ3) is 6.50. The summed E-state index contributed by atoms with van der Waals surface area (Å²) in [5.74, 6) is 6.88. The summed E-state index contributed by atoms with van der Waals surface area (Å²) in [6.45, 7) is 22.6. The van der Waals surface area contributed by atoms with E-state index in [1.165, 1.54) is 44.5 Å². The molecule has 0 atom stereocenters. The second-order valence-corrected chi connectivity index (χ2v) is 19.7. The third-order valence-corrected chi connectivity index (χ3v) is 7.07. The van der Waals surface area contributed by atoms with E-state index >= 15 is 0 Å². The fraction of sp³-hybridized carbons (Fsp3) is 0.407. The molecule has 2 aromatic rings. The minimum atomic E-state index is -1.36. The van der Waals surface area contributed by atoms with Crippen molar-refractivity contribution < 1.29 is 0 Å². The van der Waals surface area contributed by atoms with E-state index in [2.05, 4.69) is 114 Å². The maximum Gasteiger partial charge on any atom is 0.129 e. The van der Waals surface area contributed by atoms with Gasteiger partial charge in [0.2, 0.25) is 0 Å². The van der Waals surface area contributed by atoms with Crippen LogP contribution in [0.1, 0.15) is 44.5 Å². The van der Waals surface area contributed by atoms with Gasteiger partial charge < -0.3 is 0 Å². The van der Waals surface area contributed by atoms with Crippen LogP contribution < -0.4 is 0 Å². The van der Waals surface area contributed by atoms with Crippen molar-refractivity contribution in [2.24, 2.45) is 0 Å². The molecule has 0 aliphatic rings. The lowest BCUT2D eigenvalue weighted by Gasteiger charge is -2.15. The van der Waals surface area contributed by atoms with Gasteiger partial charge in [0.15, 0.2) is 0 Å². The van der Waals surface area contributed by atoms with Crippen LogP contribution in [0.25, 0.3) is 0 Å². The summed E-state index contributed by atoms with van der Waals surface area (Å²) in [5.41, 5.74) is 17.5. The van der Waals surface area contributed by atoms with Gasteiger partial charge in [0.1, 0.15) is 16.1 Å². The summed E-state index contributed by atoms with van der Waals surface area (Å²) < 4.78 is 0. The van der Waals surface area contributed by atoms with E-state index in [0.717, 1.165) is 6.42 Å². The molecule has 0 unspecified atom stereocenters. The van der Waals surface area contributed by atoms with Gasteiger partial charge >= 0.3 is 0 Å². The molecule has 0 amide bonds. The van der Waals surface area contributed by atoms with Gasteiger partial charge in [-0.1, -0.05) is 63.3 Å². The highest BCUT2D eigenvalue weighted by Crippen LogP contribution is 2.24. The van der Waals surface area contributed by atoms with Gasteiger partial charge in [-0.2, -0.15) is 0 Å². The molecule has 0 heterocycles. The first-order chi connectivity index (χ1) is 13.3. The van der Waals surface area contributed by atoms with Crippen LogP contribution in [-0.2, 0) is 6.42 Å². The fourth-order valence-electron chi connectivity index (χ4n) is 3.12. The van der Waals surface area contributed by atoms with Crippen molar-refractivity contribution in [2.45, 2.75) is 73.4 Å². The summed E-state index contributed by atoms with van der Waals surface area (Å²) in [4.78, 5) is 0. The average molecular weight is 417 g/mol. The van der Waals surface area contributed by atoms with Gasteiger partial charge in [-0.15, -0.1) is 11.1 Å². The van der Waals surface area contributed by atoms with Gasteiger partial charge in [-0.3, -0.25) is 0 Å². The van der Waals surface area contributed by atoms with Crippen LogP contribution in [-0.4, -0.2) is 16.1 Å². The molecule has 152 valence electrons. The van der Waals surface area contributed by atoms with E-state index in [1.807, 2.05) is 0 Å². The van der Waals surface area contributed by atoms with Crippen LogP contribution in [0, 0.1) is 50.6 Å². The van der Waals surface area contributed by atoms with Gasteiger partial charge in [0.25, 0.3) is 0 Å². The van der Waals surface area contributed by atoms with E-state index < -0.39 is 16.1 Å². The Kier molecular flexibility index (Phi) is 7.05. The maximum atomic E-state index is 3.50. The van der Waals surface area contributed by atoms with Crippen LogP contribution in [0.5, 0.6) is 0 Å². The lowest BCUT2D eigenvalue weighted by atomic mass is 9.90. The van der Waals surface area contributed by atoms with Crippen molar-refractivity contribution in [1.82, 2.24) is 0 Å². The molecule has 2 heteroatoms. The van der Waals surface area contributed by atoms with Crippen molar-refractivity contribution in [3.63, 3.8) is 0 Å². The first-order valence-electron chi connectivity index (χ1n) is 10.5. The van der Waals surface area contributed by atoms with Crippen molar-refractivity contribution >= 4 is 16.1 Å². The predicted molar refractivity (Wildman–Crippen MR) is 135 cm³/mol. The normalized spacial score (nSPS) is 11.4. The monoisotopic (exact) mass is 416 g/mol. The van der Waals surface area contributed by atoms with Crippen molar-refractivity contribution in [3.05, 3.63) is 68.8 Å². The van der Waals surface area contributed by atoms with Crippen molar-refractivity contribution in [2.75, 3.05) is 0 Å². The first kappa shape index (κ1) is 23.3. The zero-order valence-corrected chi connectivity index (χ0v) is 22.0. The maximum absolute atomic E-state index is 3.50. The molecule has 0 N–H and O–H groups in total. The molecule has 0 bridgehead atoms. The highest BCUT2D eigenvalue weighted by Gasteiger charge is 2.12. The SMILES string of the molecule is Cc1c(C#C[Si](C)(C)C)ccc(Cc2ccc(C#C[Si](C)(C)C)c(C)c2C)c1C. The Morgan fingerprint density at radius 1 is 0.552 bits per heavy atom. The molecule has 0 radical (unpaired) electrons. The Hall–Kier alpha value is -2.01. The summed E-state index contributed by atoms with van der Waals surface area (Å²) in [6.07, 6.45) is 0.961. The highest BCUT2D eigenvalue weighted by molar-refractivity contribution is 6.84. The second-order valence-electron chi connectivity index (χ2n) is 10.2. The minimum Gasteiger partial charge on any atom is -0.127 e. The largest absolute Gasteiger partial charge is 0.129 e. The smallest absolute Gasteiger partial charge is 0.127 e. The fourth-order valence-corrected chi connectivity index (χ4v) is 4.14. The molecule has 0 aliphatic carbocycles. The predicted octanol–water partition coefficient (Wildman–Crippen LogP) is 6.97. The van der Waals surface area contributed by atoms with Crippen LogP contribution in [0.3, 0.4) is 0 Å². The van der Waals surface area contributed by atoms with E-state index in [1.54, 1.807) is 0 Å². The number of rotatable bonds is 2. The Bertz CT molecular complexity index is 951. The average Bonchev–Trinajstić information content (AvgIpc) is 2.59. The van der Waals surface area contributed by atoms with Crippen molar-refractivity contribution in [1.29, 1.82) is 0 Å². The van der Waals surface area contributed by atoms with Crippen LogP contribution in [0.2, 0.25) is 39.3 Å². The van der Waals surface area contributed by atoms with Gasteiger partial charge in [0, 0.05) is 11.1 Å². The van der Waals surface area contributed by atoms with E-state index in [0.29, 0.717) is 0 Å². The summed E-state index contributed by atoms with van der Waals surface area (Å²) in [6, 6.07) is 8.95. The summed E-state index contributed by atoms with van der Waals surface area (Å²) >= 11 is 0. The molecule has 2 rings (SSSR count). The number of hydrogen-bond acceptors (Lipinski definition) is 0. The zero-order chi connectivity index (χ0) is 22.0. The van der Waals surface area contributed by atoms with Gasteiger partial charge in [0.05, 0.1) is 0 Å². The minimum absolute atomic E-state index is 0.961. The zero-order valence-electron chi connectivity index (χ0n) is 20.0. The molecule has 29 heavy (non-hydrogen) atoms. The van der Waals surface area contributed by atoms with Crippen LogP contribution in [0.4, 0.5) is 0 Å². The molecule has 0 saturated heterocycles. The van der Waals surface area contributed by atoms with E-state index in [9.17, 15) is 0 Å². The molecular formula is C27H36Si2. The molecule has 0 saturated carbocycles. The standard InChI is InChI=1S/C27H36Si2/c1-20-22(3)26(13-11-24(20)15-17-28(5,6)7)19-27-14-12-25(21(2)23(27)4)16-18-29(8,9)10/h11-14H,19H2,1-10H3. The van der Waals surface area contributed by atoms with Gasteiger partial charge in [-0.25, -0.2) is 0 Å². The number of hydrogen-bond donors (Lipinski definition) is 0. The Balaban J connectivity index is 2.37. The van der Waals surface area contributed by atoms with Crippen LogP contribution >= 0.6 is 0 Å². The Morgan fingerprint density at radius 2 is 0.897 bits per heavy atom. The van der Waals surface area contributed by atoms with E-state index in [-0.39, 0.29) is 0 Å².